The van der Waals surface area contributed by atoms with Crippen molar-refractivity contribution in [2.45, 2.75) is 50.7 Å². The van der Waals surface area contributed by atoms with Crippen molar-refractivity contribution in [2.75, 3.05) is 42.5 Å². The minimum atomic E-state index is -0.176. The highest BCUT2D eigenvalue weighted by molar-refractivity contribution is 5.77. The zero-order valence-electron chi connectivity index (χ0n) is 15.8. The summed E-state index contributed by atoms with van der Waals surface area (Å²) in [6.07, 6.45) is 7.28. The predicted molar refractivity (Wildman–Crippen MR) is 103 cm³/mol. The molecule has 0 aliphatic carbocycles. The first-order chi connectivity index (χ1) is 13.2. The molecule has 1 aromatic heterocycles. The van der Waals surface area contributed by atoms with E-state index in [1.54, 1.807) is 6.33 Å². The molecule has 0 saturated carbocycles. The first-order valence-electron chi connectivity index (χ1n) is 10.5. The Morgan fingerprint density at radius 2 is 1.78 bits per heavy atom. The molecule has 0 spiro atoms. The maximum atomic E-state index is 12.3. The average Bonchev–Trinajstić information content (AvgIpc) is 2.69. The van der Waals surface area contributed by atoms with E-state index in [-0.39, 0.29) is 6.10 Å². The van der Waals surface area contributed by atoms with E-state index < -0.39 is 0 Å². The number of aromatic nitrogens is 2. The standard InChI is InChI=1S/C20H29N5O2/c26-16-4-6-23(7-5-16)18-9-19(22-13-21-18)24-10-14-8-15(12-24)17-2-1-3-20(27)25(17)11-14/h9,13-17,26H,1-8,10-12H2/t14-,15+,17-/m0/s1. The number of carbonyl (C=O) groups is 1. The second kappa shape index (κ2) is 6.93. The van der Waals surface area contributed by atoms with Gasteiger partial charge in [0.1, 0.15) is 18.0 Å². The second-order valence-corrected chi connectivity index (χ2v) is 8.73. The highest BCUT2D eigenvalue weighted by Crippen LogP contribution is 2.39. The SMILES string of the molecule is O=C1CCC[C@H]2[C@@H]3C[C@@H](CN(c4cc(N5CCC(O)CC5)ncn4)C3)CN12. The molecular formula is C20H29N5O2. The van der Waals surface area contributed by atoms with Crippen molar-refractivity contribution in [3.05, 3.63) is 12.4 Å². The minimum Gasteiger partial charge on any atom is -0.393 e. The number of fused-ring (bicyclic) bond motifs is 4. The Kier molecular flexibility index (Phi) is 4.42. The van der Waals surface area contributed by atoms with Crippen LogP contribution in [0, 0.1) is 11.8 Å². The summed E-state index contributed by atoms with van der Waals surface area (Å²) in [5.74, 6) is 3.45. The van der Waals surface area contributed by atoms with Crippen LogP contribution < -0.4 is 9.80 Å². The third-order valence-corrected chi connectivity index (χ3v) is 6.93. The Hall–Kier alpha value is -1.89. The maximum Gasteiger partial charge on any atom is 0.222 e. The van der Waals surface area contributed by atoms with Gasteiger partial charge in [-0.05, 0) is 43.9 Å². The zero-order valence-corrected chi connectivity index (χ0v) is 15.8. The Labute approximate surface area is 160 Å². The van der Waals surface area contributed by atoms with Crippen LogP contribution in [0.3, 0.4) is 0 Å². The zero-order chi connectivity index (χ0) is 18.4. The van der Waals surface area contributed by atoms with Gasteiger partial charge in [-0.1, -0.05) is 0 Å². The number of hydrogen-bond acceptors (Lipinski definition) is 6. The largest absolute Gasteiger partial charge is 0.393 e. The lowest BCUT2D eigenvalue weighted by Crippen LogP contribution is -2.60. The lowest BCUT2D eigenvalue weighted by atomic mass is 9.76. The number of carbonyl (C=O) groups excluding carboxylic acids is 1. The summed E-state index contributed by atoms with van der Waals surface area (Å²) in [6.45, 7) is 4.57. The number of aliphatic hydroxyl groups excluding tert-OH is 1. The van der Waals surface area contributed by atoms with Crippen LogP contribution in [0.4, 0.5) is 11.6 Å². The summed E-state index contributed by atoms with van der Waals surface area (Å²) in [7, 11) is 0. The monoisotopic (exact) mass is 371 g/mol. The quantitative estimate of drug-likeness (QED) is 0.844. The molecule has 1 N–H and O–H groups in total. The molecular weight excluding hydrogens is 342 g/mol. The molecule has 7 heteroatoms. The molecule has 1 aromatic rings. The Morgan fingerprint density at radius 1 is 1.00 bits per heavy atom. The van der Waals surface area contributed by atoms with E-state index in [1.807, 2.05) is 0 Å². The van der Waals surface area contributed by atoms with E-state index in [4.69, 9.17) is 0 Å². The van der Waals surface area contributed by atoms with Crippen LogP contribution in [0.2, 0.25) is 0 Å². The van der Waals surface area contributed by atoms with E-state index in [0.717, 1.165) is 76.5 Å². The molecule has 4 saturated heterocycles. The normalized spacial score (nSPS) is 31.8. The Balaban J connectivity index is 1.33. The third kappa shape index (κ3) is 3.26. The molecule has 4 fully saturated rings. The fourth-order valence-corrected chi connectivity index (χ4v) is 5.57. The third-order valence-electron chi connectivity index (χ3n) is 6.93. The van der Waals surface area contributed by atoms with Crippen molar-refractivity contribution in [2.24, 2.45) is 11.8 Å². The van der Waals surface area contributed by atoms with Crippen LogP contribution >= 0.6 is 0 Å². The second-order valence-electron chi connectivity index (χ2n) is 8.73. The average molecular weight is 371 g/mol. The number of piperidine rings is 4. The fourth-order valence-electron chi connectivity index (χ4n) is 5.57. The summed E-state index contributed by atoms with van der Waals surface area (Å²) in [4.78, 5) is 28.2. The van der Waals surface area contributed by atoms with Crippen molar-refractivity contribution in [3.63, 3.8) is 0 Å². The molecule has 0 unspecified atom stereocenters. The van der Waals surface area contributed by atoms with Crippen LogP contribution in [0.5, 0.6) is 0 Å². The molecule has 4 aliphatic rings. The van der Waals surface area contributed by atoms with Crippen molar-refractivity contribution < 1.29 is 9.90 Å². The molecule has 1 amide bonds. The van der Waals surface area contributed by atoms with Crippen molar-refractivity contribution in [1.29, 1.82) is 0 Å². The number of rotatable bonds is 2. The van der Waals surface area contributed by atoms with Gasteiger partial charge in [0.05, 0.1) is 6.10 Å². The summed E-state index contributed by atoms with van der Waals surface area (Å²) in [5.41, 5.74) is 0. The first kappa shape index (κ1) is 17.2. The number of aliphatic hydroxyl groups is 1. The summed E-state index contributed by atoms with van der Waals surface area (Å²) >= 11 is 0. The molecule has 3 atom stereocenters. The predicted octanol–water partition coefficient (Wildman–Crippen LogP) is 1.27. The van der Waals surface area contributed by atoms with Crippen LogP contribution in [0.25, 0.3) is 0 Å². The van der Waals surface area contributed by atoms with Crippen LogP contribution in [-0.4, -0.2) is 70.8 Å². The maximum absolute atomic E-state index is 12.3. The topological polar surface area (TPSA) is 72.8 Å². The number of hydrogen-bond donors (Lipinski definition) is 1. The summed E-state index contributed by atoms with van der Waals surface area (Å²) < 4.78 is 0. The van der Waals surface area contributed by atoms with E-state index in [1.165, 1.54) is 6.42 Å². The van der Waals surface area contributed by atoms with E-state index in [2.05, 4.69) is 30.7 Å². The van der Waals surface area contributed by atoms with E-state index in [0.29, 0.717) is 23.8 Å². The highest BCUT2D eigenvalue weighted by atomic mass is 16.3. The molecule has 2 bridgehead atoms. The molecule has 4 aliphatic heterocycles. The van der Waals surface area contributed by atoms with Crippen molar-refractivity contribution >= 4 is 17.5 Å². The van der Waals surface area contributed by atoms with Gasteiger partial charge >= 0.3 is 0 Å². The smallest absolute Gasteiger partial charge is 0.222 e. The van der Waals surface area contributed by atoms with E-state index in [9.17, 15) is 9.90 Å². The fraction of sp³-hybridized carbons (Fsp3) is 0.750. The van der Waals surface area contributed by atoms with Crippen LogP contribution in [0.15, 0.2) is 12.4 Å². The highest BCUT2D eigenvalue weighted by Gasteiger charge is 2.44. The summed E-state index contributed by atoms with van der Waals surface area (Å²) in [5, 5.41) is 9.74. The van der Waals surface area contributed by atoms with Gasteiger partial charge < -0.3 is 19.8 Å². The molecule has 146 valence electrons. The molecule has 0 radical (unpaired) electrons. The summed E-state index contributed by atoms with van der Waals surface area (Å²) in [6, 6.07) is 2.54. The van der Waals surface area contributed by atoms with Gasteiger partial charge in [0.15, 0.2) is 0 Å². The van der Waals surface area contributed by atoms with E-state index >= 15 is 0 Å². The van der Waals surface area contributed by atoms with Gasteiger partial charge in [-0.15, -0.1) is 0 Å². The molecule has 5 heterocycles. The number of amides is 1. The van der Waals surface area contributed by atoms with Gasteiger partial charge in [-0.2, -0.15) is 0 Å². The van der Waals surface area contributed by atoms with Crippen molar-refractivity contribution in [3.8, 4) is 0 Å². The number of anilines is 2. The minimum absolute atomic E-state index is 0.176. The van der Waals surface area contributed by atoms with Gasteiger partial charge in [-0.25, -0.2) is 9.97 Å². The van der Waals surface area contributed by atoms with Crippen LogP contribution in [0.1, 0.15) is 38.5 Å². The molecule has 7 nitrogen and oxygen atoms in total. The van der Waals surface area contributed by atoms with Gasteiger partial charge in [0.25, 0.3) is 0 Å². The lowest BCUT2D eigenvalue weighted by Gasteiger charge is -2.52. The van der Waals surface area contributed by atoms with Crippen LogP contribution in [-0.2, 0) is 4.79 Å². The lowest BCUT2D eigenvalue weighted by molar-refractivity contribution is -0.142. The molecule has 5 rings (SSSR count). The van der Waals surface area contributed by atoms with Gasteiger partial charge in [0.2, 0.25) is 5.91 Å². The Bertz CT molecular complexity index is 705. The molecule has 0 aromatic carbocycles. The van der Waals surface area contributed by atoms with Crippen molar-refractivity contribution in [1.82, 2.24) is 14.9 Å². The number of nitrogens with zero attached hydrogens (tertiary/aromatic N) is 5. The molecule has 27 heavy (non-hydrogen) atoms. The Morgan fingerprint density at radius 3 is 2.59 bits per heavy atom. The van der Waals surface area contributed by atoms with Gasteiger partial charge in [0, 0.05) is 51.3 Å². The first-order valence-corrected chi connectivity index (χ1v) is 10.5. The van der Waals surface area contributed by atoms with Gasteiger partial charge in [-0.3, -0.25) is 4.79 Å².